The highest BCUT2D eigenvalue weighted by Crippen LogP contribution is 2.31. The van der Waals surface area contributed by atoms with Crippen LogP contribution >= 0.6 is 0 Å². The molecular formula is C16H32N2O2. The van der Waals surface area contributed by atoms with Crippen LogP contribution in [0.5, 0.6) is 0 Å². The first kappa shape index (κ1) is 17.4. The van der Waals surface area contributed by atoms with E-state index in [1.807, 2.05) is 6.92 Å². The van der Waals surface area contributed by atoms with Gasteiger partial charge < -0.3 is 10.1 Å². The molecule has 0 radical (unpaired) electrons. The summed E-state index contributed by atoms with van der Waals surface area (Å²) in [6, 6.07) is 1.13. The first-order chi connectivity index (χ1) is 9.48. The molecule has 0 aromatic rings. The summed E-state index contributed by atoms with van der Waals surface area (Å²) in [4.78, 5) is 14.7. The molecule has 118 valence electrons. The summed E-state index contributed by atoms with van der Waals surface area (Å²) in [6.45, 7) is 10.5. The van der Waals surface area contributed by atoms with Gasteiger partial charge in [0.25, 0.3) is 0 Å². The quantitative estimate of drug-likeness (QED) is 0.626. The molecule has 2 unspecified atom stereocenters. The van der Waals surface area contributed by atoms with Crippen LogP contribution in [0, 0.1) is 0 Å². The summed E-state index contributed by atoms with van der Waals surface area (Å²) >= 11 is 0. The molecule has 20 heavy (non-hydrogen) atoms. The molecule has 1 aliphatic carbocycles. The summed E-state index contributed by atoms with van der Waals surface area (Å²) in [7, 11) is 1.48. The fourth-order valence-corrected chi connectivity index (χ4v) is 2.99. The zero-order valence-electron chi connectivity index (χ0n) is 13.9. The molecule has 1 rings (SSSR count). The van der Waals surface area contributed by atoms with Crippen LogP contribution < -0.4 is 5.32 Å². The van der Waals surface area contributed by atoms with E-state index in [0.717, 1.165) is 38.4 Å². The second kappa shape index (κ2) is 7.99. The van der Waals surface area contributed by atoms with E-state index in [2.05, 4.69) is 31.0 Å². The lowest BCUT2D eigenvalue weighted by Gasteiger charge is -2.36. The van der Waals surface area contributed by atoms with Gasteiger partial charge in [0, 0.05) is 12.1 Å². The van der Waals surface area contributed by atoms with Crippen molar-refractivity contribution in [2.24, 2.45) is 0 Å². The second-order valence-corrected chi connectivity index (χ2v) is 6.27. The summed E-state index contributed by atoms with van der Waals surface area (Å²) in [5.74, 6) is -0.148. The summed E-state index contributed by atoms with van der Waals surface area (Å²) < 4.78 is 5.01. The average Bonchev–Trinajstić information content (AvgIpc) is 3.25. The van der Waals surface area contributed by atoms with Crippen LogP contribution in [0.2, 0.25) is 0 Å². The van der Waals surface area contributed by atoms with Crippen molar-refractivity contribution in [3.05, 3.63) is 0 Å². The minimum Gasteiger partial charge on any atom is -0.468 e. The maximum absolute atomic E-state index is 12.1. The van der Waals surface area contributed by atoms with Gasteiger partial charge in [-0.25, -0.2) is 0 Å². The molecular weight excluding hydrogens is 252 g/mol. The number of nitrogens with zero attached hydrogens (tertiary/aromatic N) is 1. The number of nitrogens with one attached hydrogen (secondary N) is 1. The summed E-state index contributed by atoms with van der Waals surface area (Å²) in [5, 5.41) is 3.38. The molecule has 1 aliphatic rings. The van der Waals surface area contributed by atoms with Crippen LogP contribution in [0.1, 0.15) is 59.8 Å². The molecule has 0 aromatic carbocycles. The average molecular weight is 284 g/mol. The Balaban J connectivity index is 2.68. The van der Waals surface area contributed by atoms with E-state index < -0.39 is 5.54 Å². The van der Waals surface area contributed by atoms with Crippen molar-refractivity contribution in [2.45, 2.75) is 77.4 Å². The van der Waals surface area contributed by atoms with E-state index in [9.17, 15) is 4.79 Å². The molecule has 0 amide bonds. The predicted octanol–water partition coefficient (Wildman–Crippen LogP) is 2.57. The third-order valence-corrected chi connectivity index (χ3v) is 4.17. The monoisotopic (exact) mass is 284 g/mol. The minimum absolute atomic E-state index is 0.148. The molecule has 2 atom stereocenters. The molecule has 1 N–H and O–H groups in total. The Morgan fingerprint density at radius 2 is 2.05 bits per heavy atom. The lowest BCUT2D eigenvalue weighted by Crippen LogP contribution is -2.54. The maximum Gasteiger partial charge on any atom is 0.325 e. The summed E-state index contributed by atoms with van der Waals surface area (Å²) in [5.41, 5.74) is -0.578. The van der Waals surface area contributed by atoms with Crippen LogP contribution in [0.3, 0.4) is 0 Å². The van der Waals surface area contributed by atoms with Gasteiger partial charge in [0.1, 0.15) is 5.54 Å². The molecule has 1 fully saturated rings. The Morgan fingerprint density at radius 3 is 2.50 bits per heavy atom. The van der Waals surface area contributed by atoms with E-state index >= 15 is 0 Å². The fourth-order valence-electron chi connectivity index (χ4n) is 2.99. The molecule has 0 aliphatic heterocycles. The molecule has 0 saturated heterocycles. The van der Waals surface area contributed by atoms with Crippen LogP contribution in [-0.4, -0.2) is 48.7 Å². The maximum atomic E-state index is 12.1. The summed E-state index contributed by atoms with van der Waals surface area (Å²) in [6.07, 6.45) is 5.60. The Bertz CT molecular complexity index is 305. The molecule has 4 heteroatoms. The van der Waals surface area contributed by atoms with Crippen molar-refractivity contribution in [3.8, 4) is 0 Å². The van der Waals surface area contributed by atoms with Gasteiger partial charge in [0.05, 0.1) is 7.11 Å². The standard InChI is InChI=1S/C16H32N2O2/c1-6-10-17-16(4,15(19)20-5)12-13(3)18(11-7-2)14-8-9-14/h13-14,17H,6-12H2,1-5H3. The van der Waals surface area contributed by atoms with Crippen LogP contribution in [-0.2, 0) is 9.53 Å². The first-order valence-electron chi connectivity index (χ1n) is 8.07. The first-order valence-corrected chi connectivity index (χ1v) is 8.07. The third kappa shape index (κ3) is 4.74. The van der Waals surface area contributed by atoms with E-state index in [-0.39, 0.29) is 5.97 Å². The van der Waals surface area contributed by atoms with E-state index in [1.165, 1.54) is 20.0 Å². The van der Waals surface area contributed by atoms with E-state index in [1.54, 1.807) is 0 Å². The van der Waals surface area contributed by atoms with Crippen molar-refractivity contribution >= 4 is 5.97 Å². The zero-order chi connectivity index (χ0) is 15.2. The Hall–Kier alpha value is -0.610. The van der Waals surface area contributed by atoms with Crippen LogP contribution in [0.4, 0.5) is 0 Å². The predicted molar refractivity (Wildman–Crippen MR) is 82.8 cm³/mol. The van der Waals surface area contributed by atoms with Crippen molar-refractivity contribution in [2.75, 3.05) is 20.2 Å². The van der Waals surface area contributed by atoms with Gasteiger partial charge in [-0.1, -0.05) is 13.8 Å². The fraction of sp³-hybridized carbons (Fsp3) is 0.938. The SMILES string of the molecule is CCCNC(C)(CC(C)N(CCC)C1CC1)C(=O)OC. The van der Waals surface area contributed by atoms with E-state index in [0.29, 0.717) is 6.04 Å². The van der Waals surface area contributed by atoms with Crippen molar-refractivity contribution in [3.63, 3.8) is 0 Å². The zero-order valence-corrected chi connectivity index (χ0v) is 13.9. The van der Waals surface area contributed by atoms with Crippen LogP contribution in [0.15, 0.2) is 0 Å². The lowest BCUT2D eigenvalue weighted by atomic mass is 9.92. The van der Waals surface area contributed by atoms with Crippen molar-refractivity contribution < 1.29 is 9.53 Å². The highest BCUT2D eigenvalue weighted by atomic mass is 16.5. The number of esters is 1. The van der Waals surface area contributed by atoms with Crippen molar-refractivity contribution in [1.82, 2.24) is 10.2 Å². The smallest absolute Gasteiger partial charge is 0.325 e. The Morgan fingerprint density at radius 1 is 1.40 bits per heavy atom. The Labute approximate surface area is 124 Å². The normalized spacial score (nSPS) is 19.7. The lowest BCUT2D eigenvalue weighted by molar-refractivity contribution is -0.148. The van der Waals surface area contributed by atoms with Gasteiger partial charge in [-0.3, -0.25) is 9.69 Å². The molecule has 0 spiro atoms. The molecule has 0 bridgehead atoms. The van der Waals surface area contributed by atoms with Gasteiger partial charge in [-0.2, -0.15) is 0 Å². The molecule has 4 nitrogen and oxygen atoms in total. The minimum atomic E-state index is -0.578. The second-order valence-electron chi connectivity index (χ2n) is 6.27. The van der Waals surface area contributed by atoms with Gasteiger partial charge >= 0.3 is 5.97 Å². The Kier molecular flexibility index (Phi) is 6.96. The number of carbonyl (C=O) groups is 1. The largest absolute Gasteiger partial charge is 0.468 e. The topological polar surface area (TPSA) is 41.6 Å². The number of rotatable bonds is 10. The molecule has 0 heterocycles. The molecule has 0 aromatic heterocycles. The number of carbonyl (C=O) groups excluding carboxylic acids is 1. The van der Waals surface area contributed by atoms with Crippen LogP contribution in [0.25, 0.3) is 0 Å². The van der Waals surface area contributed by atoms with Gasteiger partial charge in [0.2, 0.25) is 0 Å². The number of methoxy groups -OCH3 is 1. The van der Waals surface area contributed by atoms with Gasteiger partial charge in [0.15, 0.2) is 0 Å². The van der Waals surface area contributed by atoms with Gasteiger partial charge in [-0.05, 0) is 59.0 Å². The highest BCUT2D eigenvalue weighted by molar-refractivity contribution is 5.80. The number of hydrogen-bond donors (Lipinski definition) is 1. The highest BCUT2D eigenvalue weighted by Gasteiger charge is 2.39. The van der Waals surface area contributed by atoms with Crippen molar-refractivity contribution in [1.29, 1.82) is 0 Å². The molecule has 1 saturated carbocycles. The number of ether oxygens (including phenoxy) is 1. The van der Waals surface area contributed by atoms with E-state index in [4.69, 9.17) is 4.74 Å². The van der Waals surface area contributed by atoms with Gasteiger partial charge in [-0.15, -0.1) is 0 Å². The number of hydrogen-bond acceptors (Lipinski definition) is 4. The third-order valence-electron chi connectivity index (χ3n) is 4.17.